The topological polar surface area (TPSA) is 24.9 Å². The van der Waals surface area contributed by atoms with Crippen LogP contribution in [0, 0.1) is 12.7 Å². The molecule has 0 radical (unpaired) electrons. The number of nitrogens with zero attached hydrogens (tertiary/aromatic N) is 1. The van der Waals surface area contributed by atoms with E-state index in [0.717, 1.165) is 36.9 Å². The first-order valence-electron chi connectivity index (χ1n) is 8.42. The van der Waals surface area contributed by atoms with Gasteiger partial charge in [-0.1, -0.05) is 18.2 Å². The molecule has 4 heteroatoms. The van der Waals surface area contributed by atoms with Gasteiger partial charge in [0.1, 0.15) is 5.82 Å². The molecule has 1 heterocycles. The zero-order valence-electron chi connectivity index (χ0n) is 14.2. The Labute approximate surface area is 146 Å². The first-order chi connectivity index (χ1) is 11.6. The van der Waals surface area contributed by atoms with Crippen LogP contribution in [0.2, 0.25) is 0 Å². The summed E-state index contributed by atoms with van der Waals surface area (Å²) in [4.78, 5) is 4.31. The number of aryl methyl sites for hydroxylation is 2. The average Bonchev–Trinajstić information content (AvgIpc) is 3.03. The van der Waals surface area contributed by atoms with E-state index in [-0.39, 0.29) is 5.82 Å². The van der Waals surface area contributed by atoms with E-state index in [2.05, 4.69) is 35.4 Å². The number of thiazole rings is 1. The summed E-state index contributed by atoms with van der Waals surface area (Å²) >= 11 is 1.70. The van der Waals surface area contributed by atoms with Gasteiger partial charge in [0.05, 0.1) is 15.7 Å². The lowest BCUT2D eigenvalue weighted by Crippen LogP contribution is -2.29. The third kappa shape index (κ3) is 4.40. The SMILES string of the molecule is Cc1cc(CC(C)NCCCc2ccc3ncsc3c2)ccc1F. The van der Waals surface area contributed by atoms with Gasteiger partial charge in [0.25, 0.3) is 0 Å². The first-order valence-corrected chi connectivity index (χ1v) is 9.30. The molecule has 24 heavy (non-hydrogen) atoms. The lowest BCUT2D eigenvalue weighted by Gasteiger charge is -2.14. The molecule has 0 aliphatic heterocycles. The van der Waals surface area contributed by atoms with E-state index in [9.17, 15) is 4.39 Å². The van der Waals surface area contributed by atoms with Crippen molar-refractivity contribution in [2.45, 2.75) is 39.2 Å². The van der Waals surface area contributed by atoms with Crippen molar-refractivity contribution >= 4 is 21.6 Å². The van der Waals surface area contributed by atoms with Crippen molar-refractivity contribution in [2.75, 3.05) is 6.54 Å². The van der Waals surface area contributed by atoms with Gasteiger partial charge in [0, 0.05) is 6.04 Å². The van der Waals surface area contributed by atoms with Crippen LogP contribution in [0.25, 0.3) is 10.2 Å². The molecule has 0 aliphatic rings. The minimum atomic E-state index is -0.128. The highest BCUT2D eigenvalue weighted by Crippen LogP contribution is 2.19. The predicted molar refractivity (Wildman–Crippen MR) is 100 cm³/mol. The van der Waals surface area contributed by atoms with Crippen molar-refractivity contribution in [1.29, 1.82) is 0 Å². The first kappa shape index (κ1) is 17.1. The Balaban J connectivity index is 1.43. The van der Waals surface area contributed by atoms with E-state index >= 15 is 0 Å². The second kappa shape index (κ2) is 7.86. The van der Waals surface area contributed by atoms with Gasteiger partial charge in [0.2, 0.25) is 0 Å². The lowest BCUT2D eigenvalue weighted by molar-refractivity contribution is 0.533. The van der Waals surface area contributed by atoms with Crippen molar-refractivity contribution in [3.63, 3.8) is 0 Å². The third-order valence-electron chi connectivity index (χ3n) is 4.29. The summed E-state index contributed by atoms with van der Waals surface area (Å²) < 4.78 is 14.6. The van der Waals surface area contributed by atoms with Gasteiger partial charge in [-0.25, -0.2) is 9.37 Å². The number of hydrogen-bond donors (Lipinski definition) is 1. The lowest BCUT2D eigenvalue weighted by atomic mass is 10.0. The van der Waals surface area contributed by atoms with Gasteiger partial charge in [-0.2, -0.15) is 0 Å². The molecule has 1 atom stereocenters. The summed E-state index contributed by atoms with van der Waals surface area (Å²) in [6.07, 6.45) is 3.11. The maximum atomic E-state index is 13.3. The van der Waals surface area contributed by atoms with Gasteiger partial charge in [-0.15, -0.1) is 11.3 Å². The summed E-state index contributed by atoms with van der Waals surface area (Å²) in [5.41, 5.74) is 6.26. The Morgan fingerprint density at radius 1 is 1.17 bits per heavy atom. The highest BCUT2D eigenvalue weighted by Gasteiger charge is 2.05. The van der Waals surface area contributed by atoms with Gasteiger partial charge in [0.15, 0.2) is 0 Å². The molecule has 0 fully saturated rings. The highest BCUT2D eigenvalue weighted by molar-refractivity contribution is 7.16. The number of nitrogens with one attached hydrogen (secondary N) is 1. The van der Waals surface area contributed by atoms with Crippen LogP contribution >= 0.6 is 11.3 Å². The molecular formula is C20H23FN2S. The van der Waals surface area contributed by atoms with Crippen LogP contribution in [0.1, 0.15) is 30.0 Å². The van der Waals surface area contributed by atoms with Crippen LogP contribution in [0.15, 0.2) is 41.9 Å². The van der Waals surface area contributed by atoms with Crippen LogP contribution in [-0.2, 0) is 12.8 Å². The summed E-state index contributed by atoms with van der Waals surface area (Å²) in [6.45, 7) is 4.99. The van der Waals surface area contributed by atoms with E-state index in [1.165, 1.54) is 15.8 Å². The Bertz CT molecular complexity index is 812. The second-order valence-electron chi connectivity index (χ2n) is 6.40. The van der Waals surface area contributed by atoms with Crippen molar-refractivity contribution in [3.05, 3.63) is 64.4 Å². The van der Waals surface area contributed by atoms with Gasteiger partial charge in [-0.3, -0.25) is 0 Å². The quantitative estimate of drug-likeness (QED) is 0.618. The number of fused-ring (bicyclic) bond motifs is 1. The minimum absolute atomic E-state index is 0.128. The molecule has 1 N–H and O–H groups in total. The molecule has 0 bridgehead atoms. The summed E-state index contributed by atoms with van der Waals surface area (Å²) in [7, 11) is 0. The smallest absolute Gasteiger partial charge is 0.126 e. The van der Waals surface area contributed by atoms with Crippen LogP contribution in [0.5, 0.6) is 0 Å². The van der Waals surface area contributed by atoms with Crippen molar-refractivity contribution < 1.29 is 4.39 Å². The standard InChI is InChI=1S/C20H23FN2S/c1-14-10-17(5-7-18(14)21)11-15(2)22-9-3-4-16-6-8-19-20(12-16)24-13-23-19/h5-8,10,12-13,15,22H,3-4,9,11H2,1-2H3. The second-order valence-corrected chi connectivity index (χ2v) is 7.29. The summed E-state index contributed by atoms with van der Waals surface area (Å²) in [5, 5.41) is 3.56. The fraction of sp³-hybridized carbons (Fsp3) is 0.350. The maximum Gasteiger partial charge on any atom is 0.126 e. The molecule has 2 nitrogen and oxygen atoms in total. The molecule has 126 valence electrons. The predicted octanol–water partition coefficient (Wildman–Crippen LogP) is 4.90. The van der Waals surface area contributed by atoms with Gasteiger partial charge < -0.3 is 5.32 Å². The van der Waals surface area contributed by atoms with E-state index in [0.29, 0.717) is 6.04 Å². The normalized spacial score (nSPS) is 12.6. The average molecular weight is 342 g/mol. The van der Waals surface area contributed by atoms with Crippen molar-refractivity contribution in [3.8, 4) is 0 Å². The summed E-state index contributed by atoms with van der Waals surface area (Å²) in [6, 6.07) is 12.3. The molecule has 3 rings (SSSR count). The Hall–Kier alpha value is -1.78. The van der Waals surface area contributed by atoms with Crippen molar-refractivity contribution in [2.24, 2.45) is 0 Å². The Kier molecular flexibility index (Phi) is 5.59. The Morgan fingerprint density at radius 3 is 2.83 bits per heavy atom. The highest BCUT2D eigenvalue weighted by atomic mass is 32.1. The van der Waals surface area contributed by atoms with Gasteiger partial charge in [-0.05, 0) is 74.5 Å². The number of aromatic nitrogens is 1. The Morgan fingerprint density at radius 2 is 2.00 bits per heavy atom. The molecule has 2 aromatic carbocycles. The van der Waals surface area contributed by atoms with Gasteiger partial charge >= 0.3 is 0 Å². The zero-order chi connectivity index (χ0) is 16.9. The largest absolute Gasteiger partial charge is 0.314 e. The van der Waals surface area contributed by atoms with Crippen LogP contribution in [0.3, 0.4) is 0 Å². The number of rotatable bonds is 7. The maximum absolute atomic E-state index is 13.3. The number of benzene rings is 2. The van der Waals surface area contributed by atoms with Crippen LogP contribution in [0.4, 0.5) is 4.39 Å². The van der Waals surface area contributed by atoms with Crippen LogP contribution < -0.4 is 5.32 Å². The van der Waals surface area contributed by atoms with E-state index in [1.807, 2.05) is 24.6 Å². The fourth-order valence-corrected chi connectivity index (χ4v) is 3.70. The molecule has 0 saturated carbocycles. The molecule has 3 aromatic rings. The number of halogens is 1. The molecule has 1 aromatic heterocycles. The molecule has 0 spiro atoms. The van der Waals surface area contributed by atoms with Crippen LogP contribution in [-0.4, -0.2) is 17.6 Å². The summed E-state index contributed by atoms with van der Waals surface area (Å²) in [5.74, 6) is -0.128. The fourth-order valence-electron chi connectivity index (χ4n) is 2.96. The van der Waals surface area contributed by atoms with E-state index in [4.69, 9.17) is 0 Å². The monoisotopic (exact) mass is 342 g/mol. The molecule has 1 unspecified atom stereocenters. The third-order valence-corrected chi connectivity index (χ3v) is 5.09. The van der Waals surface area contributed by atoms with E-state index in [1.54, 1.807) is 17.4 Å². The molecular weight excluding hydrogens is 319 g/mol. The molecule has 0 aliphatic carbocycles. The molecule has 0 amide bonds. The van der Waals surface area contributed by atoms with E-state index < -0.39 is 0 Å². The van der Waals surface area contributed by atoms with Crippen molar-refractivity contribution in [1.82, 2.24) is 10.3 Å². The molecule has 0 saturated heterocycles. The zero-order valence-corrected chi connectivity index (χ0v) is 15.0. The number of hydrogen-bond acceptors (Lipinski definition) is 3. The minimum Gasteiger partial charge on any atom is -0.314 e.